The van der Waals surface area contributed by atoms with Crippen LogP contribution in [0, 0.1) is 17.0 Å². The molecule has 8 nitrogen and oxygen atoms in total. The largest absolute Gasteiger partial charge is 0.390 e. The summed E-state index contributed by atoms with van der Waals surface area (Å²) in [6, 6.07) is 1.33. The van der Waals surface area contributed by atoms with Crippen molar-refractivity contribution < 1.29 is 14.5 Å². The van der Waals surface area contributed by atoms with Crippen LogP contribution in [0.1, 0.15) is 12.1 Å². The monoisotopic (exact) mass is 256 g/mol. The molecule has 0 aromatic carbocycles. The van der Waals surface area contributed by atoms with Crippen molar-refractivity contribution in [1.82, 2.24) is 15.1 Å². The molecule has 0 radical (unpaired) electrons. The number of methoxy groups -OCH3 is 1. The minimum atomic E-state index is -0.583. The van der Waals surface area contributed by atoms with Crippen molar-refractivity contribution in [3.63, 3.8) is 0 Å². The molecular formula is C10H16N4O4. The maximum atomic E-state index is 11.5. The van der Waals surface area contributed by atoms with E-state index in [9.17, 15) is 14.9 Å². The lowest BCUT2D eigenvalue weighted by atomic mass is 10.4. The Hall–Kier alpha value is -1.96. The number of amides is 1. The second kappa shape index (κ2) is 6.70. The van der Waals surface area contributed by atoms with E-state index < -0.39 is 4.92 Å². The summed E-state index contributed by atoms with van der Waals surface area (Å²) in [6.07, 6.45) is 0.723. The number of rotatable bonds is 7. The van der Waals surface area contributed by atoms with Crippen molar-refractivity contribution in [2.24, 2.45) is 0 Å². The van der Waals surface area contributed by atoms with Crippen LogP contribution < -0.4 is 5.32 Å². The lowest BCUT2D eigenvalue weighted by molar-refractivity contribution is -0.389. The molecule has 1 rings (SSSR count). The molecule has 1 amide bonds. The summed E-state index contributed by atoms with van der Waals surface area (Å²) in [5, 5.41) is 16.9. The van der Waals surface area contributed by atoms with Crippen LogP contribution in [-0.2, 0) is 16.1 Å². The number of ether oxygens (including phenoxy) is 1. The lowest BCUT2D eigenvalue weighted by Gasteiger charge is -2.03. The summed E-state index contributed by atoms with van der Waals surface area (Å²) < 4.78 is 6.16. The average molecular weight is 256 g/mol. The van der Waals surface area contributed by atoms with E-state index in [0.29, 0.717) is 18.8 Å². The van der Waals surface area contributed by atoms with Crippen molar-refractivity contribution in [2.45, 2.75) is 19.9 Å². The van der Waals surface area contributed by atoms with Crippen LogP contribution >= 0.6 is 0 Å². The quantitative estimate of drug-likeness (QED) is 0.428. The van der Waals surface area contributed by atoms with Gasteiger partial charge in [0.1, 0.15) is 6.54 Å². The second-order valence-corrected chi connectivity index (χ2v) is 3.75. The molecule has 0 fully saturated rings. The van der Waals surface area contributed by atoms with E-state index in [1.54, 1.807) is 14.0 Å². The van der Waals surface area contributed by atoms with Gasteiger partial charge in [-0.3, -0.25) is 4.79 Å². The van der Waals surface area contributed by atoms with Crippen LogP contribution in [0.2, 0.25) is 0 Å². The molecular weight excluding hydrogens is 240 g/mol. The van der Waals surface area contributed by atoms with Gasteiger partial charge < -0.3 is 20.2 Å². The zero-order valence-corrected chi connectivity index (χ0v) is 10.4. The minimum absolute atomic E-state index is 0.0212. The van der Waals surface area contributed by atoms with Crippen LogP contribution in [0.25, 0.3) is 0 Å². The van der Waals surface area contributed by atoms with Crippen LogP contribution in [-0.4, -0.2) is 40.9 Å². The standard InChI is InChI=1S/C10H16N4O4/c1-8-6-9(14(16)17)12-13(8)7-10(15)11-4-3-5-18-2/h6H,3-5,7H2,1-2H3,(H,11,15). The third-order valence-electron chi connectivity index (χ3n) is 2.30. The summed E-state index contributed by atoms with van der Waals surface area (Å²) in [5.74, 6) is -0.480. The number of nitro groups is 1. The van der Waals surface area contributed by atoms with Gasteiger partial charge in [0.25, 0.3) is 0 Å². The molecule has 0 spiro atoms. The van der Waals surface area contributed by atoms with E-state index in [2.05, 4.69) is 10.4 Å². The molecule has 0 atom stereocenters. The van der Waals surface area contributed by atoms with Gasteiger partial charge in [0, 0.05) is 20.3 Å². The number of nitrogens with zero attached hydrogens (tertiary/aromatic N) is 3. The van der Waals surface area contributed by atoms with Gasteiger partial charge in [0.15, 0.2) is 0 Å². The fourth-order valence-electron chi connectivity index (χ4n) is 1.38. The third-order valence-corrected chi connectivity index (χ3v) is 2.30. The van der Waals surface area contributed by atoms with Gasteiger partial charge in [-0.05, 0) is 18.3 Å². The molecule has 1 N–H and O–H groups in total. The lowest BCUT2D eigenvalue weighted by Crippen LogP contribution is -2.29. The highest BCUT2D eigenvalue weighted by atomic mass is 16.6. The van der Waals surface area contributed by atoms with Crippen molar-refractivity contribution in [3.8, 4) is 0 Å². The first-order chi connectivity index (χ1) is 8.54. The van der Waals surface area contributed by atoms with E-state index >= 15 is 0 Å². The Labute approximate surface area is 104 Å². The molecule has 1 heterocycles. The number of nitrogens with one attached hydrogen (secondary N) is 1. The smallest absolute Gasteiger partial charge is 0.385 e. The van der Waals surface area contributed by atoms with E-state index in [0.717, 1.165) is 6.42 Å². The Balaban J connectivity index is 2.46. The first-order valence-electron chi connectivity index (χ1n) is 5.49. The third kappa shape index (κ3) is 4.13. The highest BCUT2D eigenvalue weighted by Gasteiger charge is 2.17. The highest BCUT2D eigenvalue weighted by molar-refractivity contribution is 5.75. The molecule has 0 aliphatic carbocycles. The van der Waals surface area contributed by atoms with E-state index in [4.69, 9.17) is 4.74 Å². The van der Waals surface area contributed by atoms with Crippen molar-refractivity contribution in [3.05, 3.63) is 21.9 Å². The molecule has 0 aliphatic rings. The zero-order chi connectivity index (χ0) is 13.5. The van der Waals surface area contributed by atoms with Gasteiger partial charge in [-0.15, -0.1) is 0 Å². The SMILES string of the molecule is COCCCNC(=O)Cn1nc([N+](=O)[O-])cc1C. The summed E-state index contributed by atoms with van der Waals surface area (Å²) >= 11 is 0. The number of aromatic nitrogens is 2. The van der Waals surface area contributed by atoms with Gasteiger partial charge in [-0.25, -0.2) is 0 Å². The maximum Gasteiger partial charge on any atom is 0.390 e. The Bertz CT molecular complexity index is 430. The summed E-state index contributed by atoms with van der Waals surface area (Å²) in [7, 11) is 1.59. The number of hydrogen-bond acceptors (Lipinski definition) is 5. The Morgan fingerprint density at radius 1 is 1.67 bits per heavy atom. The fraction of sp³-hybridized carbons (Fsp3) is 0.600. The molecule has 0 saturated carbocycles. The van der Waals surface area contributed by atoms with Crippen LogP contribution in [0.15, 0.2) is 6.07 Å². The highest BCUT2D eigenvalue weighted by Crippen LogP contribution is 2.10. The predicted octanol–water partition coefficient (Wildman–Crippen LogP) is 0.252. The number of carbonyl (C=O) groups is 1. The first-order valence-corrected chi connectivity index (χ1v) is 5.49. The molecule has 1 aromatic heterocycles. The van der Waals surface area contributed by atoms with Crippen LogP contribution in [0.4, 0.5) is 5.82 Å². The van der Waals surface area contributed by atoms with Crippen molar-refractivity contribution in [2.75, 3.05) is 20.3 Å². The normalized spacial score (nSPS) is 10.3. The van der Waals surface area contributed by atoms with E-state index in [-0.39, 0.29) is 18.3 Å². The van der Waals surface area contributed by atoms with E-state index in [1.807, 2.05) is 0 Å². The van der Waals surface area contributed by atoms with Crippen LogP contribution in [0.3, 0.4) is 0 Å². The van der Waals surface area contributed by atoms with Gasteiger partial charge in [-0.1, -0.05) is 0 Å². The Morgan fingerprint density at radius 2 is 2.39 bits per heavy atom. The van der Waals surface area contributed by atoms with Crippen LogP contribution in [0.5, 0.6) is 0 Å². The minimum Gasteiger partial charge on any atom is -0.385 e. The average Bonchev–Trinajstić information content (AvgIpc) is 2.67. The number of aryl methyl sites for hydroxylation is 1. The zero-order valence-electron chi connectivity index (χ0n) is 10.4. The molecule has 0 bridgehead atoms. The molecule has 0 saturated heterocycles. The Morgan fingerprint density at radius 3 is 2.94 bits per heavy atom. The topological polar surface area (TPSA) is 99.3 Å². The molecule has 8 heteroatoms. The summed E-state index contributed by atoms with van der Waals surface area (Å²) in [4.78, 5) is 21.5. The van der Waals surface area contributed by atoms with Gasteiger partial charge in [0.05, 0.1) is 16.9 Å². The molecule has 100 valence electrons. The number of carbonyl (C=O) groups excluding carboxylic acids is 1. The van der Waals surface area contributed by atoms with E-state index in [1.165, 1.54) is 10.7 Å². The molecule has 0 unspecified atom stereocenters. The van der Waals surface area contributed by atoms with Gasteiger partial charge >= 0.3 is 5.82 Å². The number of hydrogen-bond donors (Lipinski definition) is 1. The second-order valence-electron chi connectivity index (χ2n) is 3.75. The predicted molar refractivity (Wildman–Crippen MR) is 63.1 cm³/mol. The summed E-state index contributed by atoms with van der Waals surface area (Å²) in [5.41, 5.74) is 0.578. The maximum absolute atomic E-state index is 11.5. The van der Waals surface area contributed by atoms with Gasteiger partial charge in [-0.2, -0.15) is 4.68 Å². The fourth-order valence-corrected chi connectivity index (χ4v) is 1.38. The first kappa shape index (κ1) is 14.1. The summed E-state index contributed by atoms with van der Waals surface area (Å²) in [6.45, 7) is 2.73. The molecule has 18 heavy (non-hydrogen) atoms. The Kier molecular flexibility index (Phi) is 5.25. The molecule has 0 aliphatic heterocycles. The van der Waals surface area contributed by atoms with Gasteiger partial charge in [0.2, 0.25) is 5.91 Å². The van der Waals surface area contributed by atoms with Crippen molar-refractivity contribution >= 4 is 11.7 Å². The molecule has 1 aromatic rings. The van der Waals surface area contributed by atoms with Crippen molar-refractivity contribution in [1.29, 1.82) is 0 Å².